The lowest BCUT2D eigenvalue weighted by atomic mass is 10.1. The smallest absolute Gasteiger partial charge is 0.0113 e. The van der Waals surface area contributed by atoms with Crippen molar-refractivity contribution in [2.75, 3.05) is 39.3 Å². The summed E-state index contributed by atoms with van der Waals surface area (Å²) in [4.78, 5) is 5.29. The lowest BCUT2D eigenvalue weighted by molar-refractivity contribution is 0.0994. The zero-order valence-corrected chi connectivity index (χ0v) is 14.5. The van der Waals surface area contributed by atoms with E-state index < -0.39 is 0 Å². The quantitative estimate of drug-likeness (QED) is 0.691. The number of unbranched alkanes of at least 4 members (excludes halogenated alkanes) is 2. The molecule has 20 heavy (non-hydrogen) atoms. The van der Waals surface area contributed by atoms with Crippen LogP contribution < -0.4 is 5.32 Å². The number of nitrogens with zero attached hydrogens (tertiary/aromatic N) is 2. The van der Waals surface area contributed by atoms with E-state index >= 15 is 0 Å². The van der Waals surface area contributed by atoms with Gasteiger partial charge in [0.1, 0.15) is 0 Å². The first-order valence-corrected chi connectivity index (χ1v) is 8.64. The van der Waals surface area contributed by atoms with E-state index in [-0.39, 0.29) is 5.54 Å². The summed E-state index contributed by atoms with van der Waals surface area (Å²) in [6.45, 7) is 18.9. The second-order valence-electron chi connectivity index (χ2n) is 7.37. The fourth-order valence-corrected chi connectivity index (χ4v) is 2.79. The normalized spacial score (nSPS) is 20.2. The van der Waals surface area contributed by atoms with Crippen LogP contribution in [0.25, 0.3) is 0 Å². The van der Waals surface area contributed by atoms with Gasteiger partial charge in [0.2, 0.25) is 0 Å². The molecule has 0 aromatic carbocycles. The molecule has 0 aliphatic carbocycles. The third-order valence-electron chi connectivity index (χ3n) is 4.43. The lowest BCUT2D eigenvalue weighted by Gasteiger charge is -2.37. The number of nitrogens with one attached hydrogen (secondary N) is 1. The predicted octanol–water partition coefficient (Wildman–Crippen LogP) is 2.96. The highest BCUT2D eigenvalue weighted by Crippen LogP contribution is 2.09. The van der Waals surface area contributed by atoms with Crippen LogP contribution in [0.15, 0.2) is 0 Å². The van der Waals surface area contributed by atoms with E-state index in [0.29, 0.717) is 0 Å². The van der Waals surface area contributed by atoms with Gasteiger partial charge in [-0.1, -0.05) is 13.3 Å². The Hall–Kier alpha value is -0.120. The molecule has 0 aromatic heterocycles. The Morgan fingerprint density at radius 2 is 1.65 bits per heavy atom. The Labute approximate surface area is 127 Å². The van der Waals surface area contributed by atoms with Crippen molar-refractivity contribution in [3.63, 3.8) is 0 Å². The molecule has 0 bridgehead atoms. The number of hydrogen-bond donors (Lipinski definition) is 1. The van der Waals surface area contributed by atoms with E-state index in [1.54, 1.807) is 0 Å². The minimum absolute atomic E-state index is 0.270. The second kappa shape index (κ2) is 9.01. The lowest BCUT2D eigenvalue weighted by Crippen LogP contribution is -2.49. The fraction of sp³-hybridized carbons (Fsp3) is 1.00. The van der Waals surface area contributed by atoms with Gasteiger partial charge in [0, 0.05) is 37.8 Å². The Balaban J connectivity index is 1.99. The molecule has 0 radical (unpaired) electrons. The molecule has 3 heteroatoms. The summed E-state index contributed by atoms with van der Waals surface area (Å²) in [6.07, 6.45) is 5.30. The van der Waals surface area contributed by atoms with Gasteiger partial charge in [-0.2, -0.15) is 0 Å². The first kappa shape index (κ1) is 17.9. The molecule has 3 nitrogen and oxygen atoms in total. The molecule has 0 amide bonds. The van der Waals surface area contributed by atoms with Crippen LogP contribution in [0, 0.1) is 0 Å². The predicted molar refractivity (Wildman–Crippen MR) is 89.4 cm³/mol. The van der Waals surface area contributed by atoms with Crippen molar-refractivity contribution in [3.05, 3.63) is 0 Å². The zero-order valence-electron chi connectivity index (χ0n) is 14.5. The first-order chi connectivity index (χ1) is 9.42. The van der Waals surface area contributed by atoms with Gasteiger partial charge in [0.25, 0.3) is 0 Å². The third-order valence-corrected chi connectivity index (χ3v) is 4.43. The van der Waals surface area contributed by atoms with E-state index in [4.69, 9.17) is 0 Å². The van der Waals surface area contributed by atoms with Crippen molar-refractivity contribution in [2.24, 2.45) is 0 Å². The Morgan fingerprint density at radius 3 is 2.20 bits per heavy atom. The molecule has 1 rings (SSSR count). The minimum Gasteiger partial charge on any atom is -0.312 e. The summed E-state index contributed by atoms with van der Waals surface area (Å²) in [5.41, 5.74) is 0.270. The van der Waals surface area contributed by atoms with Gasteiger partial charge in [-0.3, -0.25) is 4.90 Å². The van der Waals surface area contributed by atoms with Crippen LogP contribution in [0.4, 0.5) is 0 Å². The highest BCUT2D eigenvalue weighted by atomic mass is 15.3. The summed E-state index contributed by atoms with van der Waals surface area (Å²) >= 11 is 0. The molecule has 1 N–H and O–H groups in total. The van der Waals surface area contributed by atoms with Gasteiger partial charge in [0.15, 0.2) is 0 Å². The molecule has 1 saturated heterocycles. The van der Waals surface area contributed by atoms with E-state index in [9.17, 15) is 0 Å². The maximum Gasteiger partial charge on any atom is 0.0113 e. The summed E-state index contributed by atoms with van der Waals surface area (Å²) in [6, 6.07) is 0.764. The number of hydrogen-bond acceptors (Lipinski definition) is 3. The molecular weight excluding hydrogens is 246 g/mol. The van der Waals surface area contributed by atoms with Crippen LogP contribution in [0.1, 0.15) is 60.3 Å². The van der Waals surface area contributed by atoms with Gasteiger partial charge in [0.05, 0.1) is 0 Å². The largest absolute Gasteiger partial charge is 0.312 e. The maximum atomic E-state index is 3.56. The average Bonchev–Trinajstić information content (AvgIpc) is 2.41. The summed E-state index contributed by atoms with van der Waals surface area (Å²) in [7, 11) is 0. The molecule has 120 valence electrons. The Bertz CT molecular complexity index is 239. The van der Waals surface area contributed by atoms with Crippen LogP contribution in [0.2, 0.25) is 0 Å². The van der Waals surface area contributed by atoms with Crippen LogP contribution in [-0.2, 0) is 0 Å². The molecule has 1 heterocycles. The summed E-state index contributed by atoms with van der Waals surface area (Å²) in [5.74, 6) is 0. The van der Waals surface area contributed by atoms with Crippen molar-refractivity contribution >= 4 is 0 Å². The van der Waals surface area contributed by atoms with Crippen molar-refractivity contribution < 1.29 is 0 Å². The maximum absolute atomic E-state index is 3.56. The Morgan fingerprint density at radius 1 is 1.00 bits per heavy atom. The van der Waals surface area contributed by atoms with E-state index in [1.165, 1.54) is 58.4 Å². The third kappa shape index (κ3) is 7.61. The molecule has 0 aromatic rings. The molecule has 1 unspecified atom stereocenters. The summed E-state index contributed by atoms with van der Waals surface area (Å²) in [5, 5.41) is 3.56. The van der Waals surface area contributed by atoms with E-state index in [1.807, 2.05) is 0 Å². The number of rotatable bonds is 8. The molecular formula is C17H37N3. The highest BCUT2D eigenvalue weighted by Gasteiger charge is 2.19. The monoisotopic (exact) mass is 283 g/mol. The zero-order chi connectivity index (χ0) is 15.0. The van der Waals surface area contributed by atoms with Gasteiger partial charge < -0.3 is 10.2 Å². The Kier molecular flexibility index (Phi) is 8.08. The SMILES string of the molecule is CCC(C)N1CCN(CCCCCNC(C)(C)C)CC1. The minimum atomic E-state index is 0.270. The molecule has 1 aliphatic rings. The van der Waals surface area contributed by atoms with Gasteiger partial charge >= 0.3 is 0 Å². The van der Waals surface area contributed by atoms with Crippen molar-refractivity contribution in [1.82, 2.24) is 15.1 Å². The van der Waals surface area contributed by atoms with Crippen LogP contribution in [0.5, 0.6) is 0 Å². The second-order valence-corrected chi connectivity index (χ2v) is 7.37. The van der Waals surface area contributed by atoms with Crippen molar-refractivity contribution in [2.45, 2.75) is 71.9 Å². The topological polar surface area (TPSA) is 18.5 Å². The highest BCUT2D eigenvalue weighted by molar-refractivity contribution is 4.75. The van der Waals surface area contributed by atoms with Crippen molar-refractivity contribution in [3.8, 4) is 0 Å². The molecule has 0 spiro atoms. The van der Waals surface area contributed by atoms with E-state index in [0.717, 1.165) is 12.6 Å². The van der Waals surface area contributed by atoms with Gasteiger partial charge in [-0.15, -0.1) is 0 Å². The van der Waals surface area contributed by atoms with Crippen LogP contribution in [0.3, 0.4) is 0 Å². The van der Waals surface area contributed by atoms with E-state index in [2.05, 4.69) is 49.7 Å². The van der Waals surface area contributed by atoms with Gasteiger partial charge in [-0.25, -0.2) is 0 Å². The average molecular weight is 284 g/mol. The number of piperazine rings is 1. The van der Waals surface area contributed by atoms with Crippen molar-refractivity contribution in [1.29, 1.82) is 0 Å². The molecule has 1 fully saturated rings. The molecule has 1 atom stereocenters. The van der Waals surface area contributed by atoms with Crippen LogP contribution in [-0.4, -0.2) is 60.6 Å². The summed E-state index contributed by atoms with van der Waals surface area (Å²) < 4.78 is 0. The van der Waals surface area contributed by atoms with Crippen LogP contribution >= 0.6 is 0 Å². The molecule has 0 saturated carbocycles. The standard InChI is InChI=1S/C17H37N3/c1-6-16(2)20-14-12-19(13-15-20)11-9-7-8-10-18-17(3,4)5/h16,18H,6-15H2,1-5H3. The first-order valence-electron chi connectivity index (χ1n) is 8.64. The fourth-order valence-electron chi connectivity index (χ4n) is 2.79. The molecule has 1 aliphatic heterocycles. The van der Waals surface area contributed by atoms with Gasteiger partial charge in [-0.05, 0) is 60.0 Å².